The number of nitrogens with one attached hydrogen (secondary N) is 2. The first-order valence-corrected chi connectivity index (χ1v) is 6.79. The van der Waals surface area contributed by atoms with E-state index >= 15 is 0 Å². The van der Waals surface area contributed by atoms with Crippen molar-refractivity contribution in [1.29, 1.82) is 0 Å². The summed E-state index contributed by atoms with van der Waals surface area (Å²) in [6.07, 6.45) is 4.78. The van der Waals surface area contributed by atoms with Crippen molar-refractivity contribution in [2.75, 3.05) is 5.73 Å². The quantitative estimate of drug-likeness (QED) is 0.750. The van der Waals surface area contributed by atoms with E-state index in [0.717, 1.165) is 12.3 Å². The number of rotatable bonds is 5. The van der Waals surface area contributed by atoms with Gasteiger partial charge in [0.05, 0.1) is 0 Å². The number of aromatic amines is 1. The Balaban J connectivity index is 1.83. The number of hydrogen-bond donors (Lipinski definition) is 3. The number of hydrogen-bond acceptors (Lipinski definition) is 3. The van der Waals surface area contributed by atoms with Gasteiger partial charge >= 0.3 is 0 Å². The molecule has 1 aliphatic rings. The van der Waals surface area contributed by atoms with E-state index in [9.17, 15) is 0 Å². The molecule has 2 rings (SSSR count). The molecule has 0 spiro atoms. The molecular formula is C14H24N4. The second-order valence-corrected chi connectivity index (χ2v) is 5.73. The van der Waals surface area contributed by atoms with Crippen LogP contribution in [0.15, 0.2) is 18.3 Å². The zero-order valence-electron chi connectivity index (χ0n) is 11.4. The normalized spacial score (nSPS) is 23.5. The van der Waals surface area contributed by atoms with E-state index in [1.807, 2.05) is 6.07 Å². The molecule has 1 fully saturated rings. The second kappa shape index (κ2) is 5.46. The van der Waals surface area contributed by atoms with E-state index in [0.29, 0.717) is 17.8 Å². The van der Waals surface area contributed by atoms with Gasteiger partial charge in [-0.25, -0.2) is 0 Å². The first kappa shape index (κ1) is 13.0. The molecule has 100 valence electrons. The van der Waals surface area contributed by atoms with Crippen molar-refractivity contribution in [1.82, 2.24) is 15.5 Å². The molecule has 18 heavy (non-hydrogen) atoms. The van der Waals surface area contributed by atoms with Crippen LogP contribution in [0.1, 0.15) is 51.1 Å². The lowest BCUT2D eigenvalue weighted by molar-refractivity contribution is 0.501. The van der Waals surface area contributed by atoms with Crippen LogP contribution in [0.2, 0.25) is 0 Å². The minimum atomic E-state index is 0.474. The molecule has 4 nitrogen and oxygen atoms in total. The number of allylic oxidation sites excluding steroid dienone is 1. The van der Waals surface area contributed by atoms with Crippen LogP contribution < -0.4 is 11.1 Å². The van der Waals surface area contributed by atoms with Gasteiger partial charge in [0, 0.05) is 29.4 Å². The van der Waals surface area contributed by atoms with Gasteiger partial charge in [0.15, 0.2) is 0 Å². The minimum Gasteiger partial charge on any atom is -0.387 e. The van der Waals surface area contributed by atoms with E-state index in [2.05, 4.69) is 35.9 Å². The van der Waals surface area contributed by atoms with Crippen molar-refractivity contribution < 1.29 is 0 Å². The van der Waals surface area contributed by atoms with Crippen molar-refractivity contribution >= 4 is 5.82 Å². The fourth-order valence-electron chi connectivity index (χ4n) is 2.92. The molecule has 0 amide bonds. The highest BCUT2D eigenvalue weighted by atomic mass is 15.2. The number of nitrogens with zero attached hydrogens (tertiary/aromatic N) is 1. The SMILES string of the molecule is C=C(CC1CCC(c2cc(N)n[nH]2)C1)NC(C)C. The molecule has 1 heterocycles. The van der Waals surface area contributed by atoms with Crippen LogP contribution in [0.3, 0.4) is 0 Å². The largest absolute Gasteiger partial charge is 0.387 e. The average molecular weight is 248 g/mol. The van der Waals surface area contributed by atoms with E-state index in [4.69, 9.17) is 5.73 Å². The summed E-state index contributed by atoms with van der Waals surface area (Å²) in [6.45, 7) is 8.41. The van der Waals surface area contributed by atoms with Crippen molar-refractivity contribution in [2.24, 2.45) is 5.92 Å². The molecular weight excluding hydrogens is 224 g/mol. The van der Waals surface area contributed by atoms with Crippen LogP contribution in [0.25, 0.3) is 0 Å². The van der Waals surface area contributed by atoms with Crippen molar-refractivity contribution in [3.8, 4) is 0 Å². The van der Waals surface area contributed by atoms with Crippen molar-refractivity contribution in [2.45, 2.75) is 51.5 Å². The third-order valence-electron chi connectivity index (χ3n) is 3.63. The summed E-state index contributed by atoms with van der Waals surface area (Å²) in [6, 6.07) is 2.44. The van der Waals surface area contributed by atoms with Crippen LogP contribution in [-0.2, 0) is 0 Å². The zero-order chi connectivity index (χ0) is 13.1. The Morgan fingerprint density at radius 2 is 2.39 bits per heavy atom. The van der Waals surface area contributed by atoms with Gasteiger partial charge in [0.25, 0.3) is 0 Å². The van der Waals surface area contributed by atoms with E-state index in [1.165, 1.54) is 30.7 Å². The Hall–Kier alpha value is -1.45. The molecule has 1 aromatic rings. The first-order chi connectivity index (χ1) is 8.54. The molecule has 2 atom stereocenters. The maximum Gasteiger partial charge on any atom is 0.145 e. The molecule has 2 unspecified atom stereocenters. The summed E-state index contributed by atoms with van der Waals surface area (Å²) >= 11 is 0. The number of anilines is 1. The zero-order valence-corrected chi connectivity index (χ0v) is 11.4. The van der Waals surface area contributed by atoms with E-state index < -0.39 is 0 Å². The lowest BCUT2D eigenvalue weighted by Crippen LogP contribution is -2.22. The van der Waals surface area contributed by atoms with Crippen molar-refractivity contribution in [3.63, 3.8) is 0 Å². The molecule has 0 radical (unpaired) electrons. The fourth-order valence-corrected chi connectivity index (χ4v) is 2.92. The standard InChI is InChI=1S/C14H24N4/c1-9(2)16-10(3)6-11-4-5-12(7-11)13-8-14(15)18-17-13/h8-9,11-12,16H,3-7H2,1-2H3,(H3,15,17,18). The van der Waals surface area contributed by atoms with Gasteiger partial charge in [-0.1, -0.05) is 6.58 Å². The molecule has 1 saturated carbocycles. The van der Waals surface area contributed by atoms with Gasteiger partial charge in [-0.15, -0.1) is 0 Å². The first-order valence-electron chi connectivity index (χ1n) is 6.79. The molecule has 0 aliphatic heterocycles. The maximum atomic E-state index is 5.65. The highest BCUT2D eigenvalue weighted by Gasteiger charge is 2.27. The lowest BCUT2D eigenvalue weighted by atomic mass is 9.98. The van der Waals surface area contributed by atoms with E-state index in [-0.39, 0.29) is 0 Å². The Bertz CT molecular complexity index is 408. The van der Waals surface area contributed by atoms with Gasteiger partial charge in [0.2, 0.25) is 0 Å². The van der Waals surface area contributed by atoms with Gasteiger partial charge in [0.1, 0.15) is 5.82 Å². The molecule has 1 aromatic heterocycles. The topological polar surface area (TPSA) is 66.7 Å². The van der Waals surface area contributed by atoms with Crippen LogP contribution in [0.4, 0.5) is 5.82 Å². The second-order valence-electron chi connectivity index (χ2n) is 5.73. The number of nitrogen functional groups attached to an aromatic ring is 1. The van der Waals surface area contributed by atoms with E-state index in [1.54, 1.807) is 0 Å². The van der Waals surface area contributed by atoms with Crippen LogP contribution in [-0.4, -0.2) is 16.2 Å². The summed E-state index contributed by atoms with van der Waals surface area (Å²) in [5.41, 5.74) is 8.01. The van der Waals surface area contributed by atoms with Crippen molar-refractivity contribution in [3.05, 3.63) is 24.0 Å². The molecule has 0 saturated heterocycles. The summed E-state index contributed by atoms with van der Waals surface area (Å²) in [7, 11) is 0. The van der Waals surface area contributed by atoms with Gasteiger partial charge in [-0.3, -0.25) is 5.10 Å². The van der Waals surface area contributed by atoms with Gasteiger partial charge in [-0.2, -0.15) is 5.10 Å². The molecule has 0 bridgehead atoms. The molecule has 4 N–H and O–H groups in total. The number of aromatic nitrogens is 2. The van der Waals surface area contributed by atoms with Crippen LogP contribution in [0, 0.1) is 5.92 Å². The molecule has 0 aromatic carbocycles. The Labute approximate surface area is 109 Å². The third kappa shape index (κ3) is 3.28. The minimum absolute atomic E-state index is 0.474. The molecule has 4 heteroatoms. The van der Waals surface area contributed by atoms with Gasteiger partial charge < -0.3 is 11.1 Å². The Morgan fingerprint density at radius 3 is 3.00 bits per heavy atom. The van der Waals surface area contributed by atoms with Gasteiger partial charge in [-0.05, 0) is 45.4 Å². The third-order valence-corrected chi connectivity index (χ3v) is 3.63. The summed E-state index contributed by atoms with van der Waals surface area (Å²) < 4.78 is 0. The highest BCUT2D eigenvalue weighted by molar-refractivity contribution is 5.30. The number of nitrogens with two attached hydrogens (primary N) is 1. The predicted molar refractivity (Wildman–Crippen MR) is 75.1 cm³/mol. The number of H-pyrrole nitrogens is 1. The molecule has 1 aliphatic carbocycles. The predicted octanol–water partition coefficient (Wildman–Crippen LogP) is 2.78. The Kier molecular flexibility index (Phi) is 3.94. The summed E-state index contributed by atoms with van der Waals surface area (Å²) in [5.74, 6) is 1.92. The Morgan fingerprint density at radius 1 is 1.61 bits per heavy atom. The lowest BCUT2D eigenvalue weighted by Gasteiger charge is -2.16. The monoisotopic (exact) mass is 248 g/mol. The highest BCUT2D eigenvalue weighted by Crippen LogP contribution is 2.40. The maximum absolute atomic E-state index is 5.65. The van der Waals surface area contributed by atoms with Crippen LogP contribution in [0.5, 0.6) is 0 Å². The smallest absolute Gasteiger partial charge is 0.145 e. The average Bonchev–Trinajstić information content (AvgIpc) is 2.85. The fraction of sp³-hybridized carbons (Fsp3) is 0.643. The summed E-state index contributed by atoms with van der Waals surface area (Å²) in [4.78, 5) is 0. The summed E-state index contributed by atoms with van der Waals surface area (Å²) in [5, 5.41) is 10.4. The van der Waals surface area contributed by atoms with Crippen LogP contribution >= 0.6 is 0 Å².